The highest BCUT2D eigenvalue weighted by Crippen LogP contribution is 2.28. The first-order valence-corrected chi connectivity index (χ1v) is 6.50. The third-order valence-corrected chi connectivity index (χ3v) is 3.07. The molecule has 1 heterocycles. The molecule has 0 amide bonds. The second-order valence-corrected chi connectivity index (χ2v) is 5.14. The molecule has 0 radical (unpaired) electrons. The van der Waals surface area contributed by atoms with Gasteiger partial charge >= 0.3 is 0 Å². The van der Waals surface area contributed by atoms with Crippen LogP contribution in [0, 0.1) is 10.1 Å². The Balaban J connectivity index is 2.19. The van der Waals surface area contributed by atoms with Crippen LogP contribution in [-0.4, -0.2) is 9.91 Å². The topological polar surface area (TPSA) is 68.1 Å². The molecule has 1 aromatic heterocycles. The van der Waals surface area contributed by atoms with Crippen LogP contribution in [0.1, 0.15) is 5.56 Å². The van der Waals surface area contributed by atoms with Crippen LogP contribution >= 0.6 is 27.5 Å². The average Bonchev–Trinajstić information content (AvgIpc) is 2.36. The number of nitro groups is 1. The number of pyridine rings is 1. The summed E-state index contributed by atoms with van der Waals surface area (Å²) in [6, 6.07) is 6.29. The van der Waals surface area contributed by atoms with Crippen molar-refractivity contribution in [1.29, 1.82) is 0 Å². The van der Waals surface area contributed by atoms with Crippen molar-refractivity contribution in [2.24, 2.45) is 0 Å². The quantitative estimate of drug-likeness (QED) is 0.673. The Morgan fingerprint density at radius 3 is 2.84 bits per heavy atom. The van der Waals surface area contributed by atoms with E-state index in [1.807, 2.05) is 6.07 Å². The molecule has 0 fully saturated rings. The summed E-state index contributed by atoms with van der Waals surface area (Å²) in [4.78, 5) is 14.5. The number of aromatic nitrogens is 1. The van der Waals surface area contributed by atoms with Gasteiger partial charge in [-0.1, -0.05) is 11.6 Å². The molecule has 98 valence electrons. The Labute approximate surface area is 122 Å². The van der Waals surface area contributed by atoms with E-state index in [9.17, 15) is 10.1 Å². The Kier molecular flexibility index (Phi) is 4.34. The summed E-state index contributed by atoms with van der Waals surface area (Å²) in [5, 5.41) is 14.3. The summed E-state index contributed by atoms with van der Waals surface area (Å²) in [5.41, 5.74) is 1.29. The highest BCUT2D eigenvalue weighted by molar-refractivity contribution is 9.10. The first kappa shape index (κ1) is 13.8. The van der Waals surface area contributed by atoms with Crippen molar-refractivity contribution in [3.05, 3.63) is 61.8 Å². The van der Waals surface area contributed by atoms with Gasteiger partial charge in [-0.2, -0.15) is 0 Å². The third kappa shape index (κ3) is 3.65. The number of hydrogen-bond donors (Lipinski definition) is 1. The summed E-state index contributed by atoms with van der Waals surface area (Å²) < 4.78 is 0.854. The van der Waals surface area contributed by atoms with Gasteiger partial charge in [-0.3, -0.25) is 15.1 Å². The van der Waals surface area contributed by atoms with Crippen LogP contribution in [-0.2, 0) is 6.54 Å². The molecule has 2 rings (SSSR count). The zero-order valence-corrected chi connectivity index (χ0v) is 12.0. The first-order valence-electron chi connectivity index (χ1n) is 5.33. The molecule has 5 nitrogen and oxygen atoms in total. The van der Waals surface area contributed by atoms with E-state index in [-0.39, 0.29) is 5.69 Å². The maximum absolute atomic E-state index is 10.9. The molecule has 1 N–H and O–H groups in total. The monoisotopic (exact) mass is 341 g/mol. The second kappa shape index (κ2) is 5.99. The molecule has 0 aliphatic heterocycles. The van der Waals surface area contributed by atoms with Crippen molar-refractivity contribution in [1.82, 2.24) is 4.98 Å². The molecule has 0 spiro atoms. The van der Waals surface area contributed by atoms with Gasteiger partial charge in [0, 0.05) is 34.5 Å². The molecular formula is C12H9BrClN3O2. The van der Waals surface area contributed by atoms with Crippen LogP contribution in [0.3, 0.4) is 0 Å². The summed E-state index contributed by atoms with van der Waals surface area (Å²) in [5.74, 6) is 0. The molecule has 0 unspecified atom stereocenters. The van der Waals surface area contributed by atoms with E-state index in [1.54, 1.807) is 12.4 Å². The molecule has 0 saturated heterocycles. The van der Waals surface area contributed by atoms with Crippen LogP contribution in [0.4, 0.5) is 11.4 Å². The summed E-state index contributed by atoms with van der Waals surface area (Å²) in [6.45, 7) is 0.424. The fourth-order valence-electron chi connectivity index (χ4n) is 1.56. The first-order chi connectivity index (χ1) is 9.06. The molecule has 2 aromatic rings. The summed E-state index contributed by atoms with van der Waals surface area (Å²) in [6.07, 6.45) is 3.36. The number of halogens is 2. The van der Waals surface area contributed by atoms with Gasteiger partial charge in [0.25, 0.3) is 5.69 Å². The Bertz CT molecular complexity index is 622. The molecule has 0 aliphatic rings. The van der Waals surface area contributed by atoms with Crippen molar-refractivity contribution in [3.8, 4) is 0 Å². The van der Waals surface area contributed by atoms with Gasteiger partial charge in [-0.25, -0.2) is 0 Å². The van der Waals surface area contributed by atoms with Crippen LogP contribution in [0.2, 0.25) is 5.02 Å². The Morgan fingerprint density at radius 2 is 2.16 bits per heavy atom. The lowest BCUT2D eigenvalue weighted by Gasteiger charge is -2.07. The van der Waals surface area contributed by atoms with E-state index in [0.717, 1.165) is 10.0 Å². The molecular weight excluding hydrogens is 334 g/mol. The van der Waals surface area contributed by atoms with Crippen molar-refractivity contribution in [2.45, 2.75) is 6.54 Å². The lowest BCUT2D eigenvalue weighted by Crippen LogP contribution is -2.03. The molecule has 1 aromatic carbocycles. The van der Waals surface area contributed by atoms with E-state index in [0.29, 0.717) is 17.3 Å². The van der Waals surface area contributed by atoms with Gasteiger partial charge in [0.1, 0.15) is 5.69 Å². The van der Waals surface area contributed by atoms with E-state index in [2.05, 4.69) is 26.2 Å². The average molecular weight is 343 g/mol. The summed E-state index contributed by atoms with van der Waals surface area (Å²) in [7, 11) is 0. The van der Waals surface area contributed by atoms with Gasteiger partial charge in [0.05, 0.1) is 4.92 Å². The van der Waals surface area contributed by atoms with Crippen LogP contribution in [0.5, 0.6) is 0 Å². The normalized spacial score (nSPS) is 10.2. The van der Waals surface area contributed by atoms with Gasteiger partial charge in [-0.15, -0.1) is 0 Å². The SMILES string of the molecule is O=[N+]([O-])c1ccc(Cl)cc1NCc1cncc(Br)c1. The van der Waals surface area contributed by atoms with Gasteiger partial charge in [0.2, 0.25) is 0 Å². The number of nitrogens with zero attached hydrogens (tertiary/aromatic N) is 2. The lowest BCUT2D eigenvalue weighted by molar-refractivity contribution is -0.384. The van der Waals surface area contributed by atoms with E-state index < -0.39 is 4.92 Å². The minimum Gasteiger partial charge on any atom is -0.375 e. The standard InChI is InChI=1S/C12H9BrClN3O2/c13-9-3-8(5-15-7-9)6-16-11-4-10(14)1-2-12(11)17(18)19/h1-5,7,16H,6H2. The van der Waals surface area contributed by atoms with Crippen LogP contribution < -0.4 is 5.32 Å². The number of anilines is 1. The fourth-order valence-corrected chi connectivity index (χ4v) is 2.14. The zero-order valence-electron chi connectivity index (χ0n) is 9.64. The zero-order chi connectivity index (χ0) is 13.8. The fraction of sp³-hybridized carbons (Fsp3) is 0.0833. The number of hydrogen-bond acceptors (Lipinski definition) is 4. The number of nitro benzene ring substituents is 1. The van der Waals surface area contributed by atoms with E-state index in [1.165, 1.54) is 18.2 Å². The Morgan fingerprint density at radius 1 is 1.37 bits per heavy atom. The largest absolute Gasteiger partial charge is 0.375 e. The number of rotatable bonds is 4. The predicted molar refractivity (Wildman–Crippen MR) is 77.4 cm³/mol. The van der Waals surface area contributed by atoms with Crippen molar-refractivity contribution in [2.75, 3.05) is 5.32 Å². The maximum atomic E-state index is 10.9. The highest BCUT2D eigenvalue weighted by atomic mass is 79.9. The molecule has 0 bridgehead atoms. The summed E-state index contributed by atoms with van der Waals surface area (Å²) >= 11 is 9.16. The maximum Gasteiger partial charge on any atom is 0.292 e. The molecule has 7 heteroatoms. The van der Waals surface area contributed by atoms with Crippen LogP contribution in [0.25, 0.3) is 0 Å². The molecule has 0 saturated carbocycles. The van der Waals surface area contributed by atoms with E-state index >= 15 is 0 Å². The minimum absolute atomic E-state index is 0.00708. The predicted octanol–water partition coefficient (Wildman–Crippen LogP) is 4.02. The van der Waals surface area contributed by atoms with Gasteiger partial charge < -0.3 is 5.32 Å². The van der Waals surface area contributed by atoms with Crippen molar-refractivity contribution >= 4 is 38.9 Å². The molecule has 19 heavy (non-hydrogen) atoms. The number of nitrogens with one attached hydrogen (secondary N) is 1. The Hall–Kier alpha value is -1.66. The molecule has 0 aliphatic carbocycles. The van der Waals surface area contributed by atoms with Crippen molar-refractivity contribution in [3.63, 3.8) is 0 Å². The second-order valence-electron chi connectivity index (χ2n) is 3.78. The smallest absolute Gasteiger partial charge is 0.292 e. The van der Waals surface area contributed by atoms with Gasteiger partial charge in [0.15, 0.2) is 0 Å². The highest BCUT2D eigenvalue weighted by Gasteiger charge is 2.13. The lowest BCUT2D eigenvalue weighted by atomic mass is 10.2. The third-order valence-electron chi connectivity index (χ3n) is 2.40. The van der Waals surface area contributed by atoms with Crippen molar-refractivity contribution < 1.29 is 4.92 Å². The molecule has 0 atom stereocenters. The number of benzene rings is 1. The van der Waals surface area contributed by atoms with Crippen LogP contribution in [0.15, 0.2) is 41.1 Å². The van der Waals surface area contributed by atoms with E-state index in [4.69, 9.17) is 11.6 Å². The van der Waals surface area contributed by atoms with Gasteiger partial charge in [-0.05, 0) is 39.7 Å². The minimum atomic E-state index is -0.447.